The summed E-state index contributed by atoms with van der Waals surface area (Å²) in [5, 5.41) is 0. The van der Waals surface area contributed by atoms with Crippen molar-refractivity contribution in [2.24, 2.45) is 5.92 Å². The van der Waals surface area contributed by atoms with Gasteiger partial charge in [-0.2, -0.15) is 0 Å². The molecule has 0 nitrogen and oxygen atoms in total. The van der Waals surface area contributed by atoms with Crippen molar-refractivity contribution in [2.45, 2.75) is 26.2 Å². The highest BCUT2D eigenvalue weighted by atomic mass is 14.2. The van der Waals surface area contributed by atoms with E-state index in [1.807, 2.05) is 0 Å². The van der Waals surface area contributed by atoms with Crippen LogP contribution in [0.2, 0.25) is 0 Å². The average molecular weight is 196 g/mol. The van der Waals surface area contributed by atoms with Gasteiger partial charge in [0.2, 0.25) is 0 Å². The molecule has 3 rings (SSSR count). The Balaban J connectivity index is 2.02. The van der Waals surface area contributed by atoms with Crippen molar-refractivity contribution < 1.29 is 0 Å². The van der Waals surface area contributed by atoms with E-state index in [9.17, 15) is 0 Å². The van der Waals surface area contributed by atoms with Gasteiger partial charge < -0.3 is 0 Å². The van der Waals surface area contributed by atoms with E-state index < -0.39 is 0 Å². The largest absolute Gasteiger partial charge is 0.0836 e. The van der Waals surface area contributed by atoms with Gasteiger partial charge in [0.05, 0.1) is 0 Å². The molecule has 0 N–H and O–H groups in total. The summed E-state index contributed by atoms with van der Waals surface area (Å²) in [4.78, 5) is 0. The normalized spacial score (nSPS) is 23.0. The van der Waals surface area contributed by atoms with Crippen LogP contribution < -0.4 is 0 Å². The number of hydrogen-bond acceptors (Lipinski definition) is 0. The van der Waals surface area contributed by atoms with Gasteiger partial charge >= 0.3 is 0 Å². The Morgan fingerprint density at radius 1 is 1.27 bits per heavy atom. The molecule has 1 aromatic rings. The lowest BCUT2D eigenvalue weighted by Gasteiger charge is -2.24. The Morgan fingerprint density at radius 3 is 2.93 bits per heavy atom. The first-order valence-corrected chi connectivity index (χ1v) is 5.84. The summed E-state index contributed by atoms with van der Waals surface area (Å²) in [7, 11) is 0. The number of rotatable bonds is 1. The summed E-state index contributed by atoms with van der Waals surface area (Å²) >= 11 is 0. The molecule has 0 heteroatoms. The molecule has 1 unspecified atom stereocenters. The second kappa shape index (κ2) is 3.37. The van der Waals surface area contributed by atoms with Crippen LogP contribution in [0.15, 0.2) is 30.4 Å². The van der Waals surface area contributed by atoms with Crippen LogP contribution in [0.5, 0.6) is 0 Å². The molecule has 0 bridgehead atoms. The second-order valence-electron chi connectivity index (χ2n) is 4.65. The molecule has 0 amide bonds. The Kier molecular flexibility index (Phi) is 2.02. The fourth-order valence-electron chi connectivity index (χ4n) is 2.48. The molecule has 0 saturated carbocycles. The summed E-state index contributed by atoms with van der Waals surface area (Å²) in [6.07, 6.45) is 10.6. The Labute approximate surface area is 91.3 Å². The van der Waals surface area contributed by atoms with E-state index in [0.717, 1.165) is 5.92 Å². The van der Waals surface area contributed by atoms with E-state index in [-0.39, 0.29) is 0 Å². The molecule has 15 heavy (non-hydrogen) atoms. The van der Waals surface area contributed by atoms with Gasteiger partial charge in [-0.1, -0.05) is 37.3 Å². The molecular formula is C15H16. The van der Waals surface area contributed by atoms with Gasteiger partial charge in [0, 0.05) is 0 Å². The predicted octanol–water partition coefficient (Wildman–Crippen LogP) is 4.07. The molecule has 1 atom stereocenters. The van der Waals surface area contributed by atoms with E-state index in [2.05, 4.69) is 43.4 Å². The summed E-state index contributed by atoms with van der Waals surface area (Å²) in [5.41, 5.74) is 5.91. The van der Waals surface area contributed by atoms with Crippen molar-refractivity contribution in [3.63, 3.8) is 0 Å². The predicted molar refractivity (Wildman–Crippen MR) is 65.6 cm³/mol. The van der Waals surface area contributed by atoms with Gasteiger partial charge in [-0.3, -0.25) is 0 Å². The van der Waals surface area contributed by atoms with Crippen molar-refractivity contribution in [2.75, 3.05) is 0 Å². The Hall–Kier alpha value is -1.30. The first-order valence-electron chi connectivity index (χ1n) is 5.84. The summed E-state index contributed by atoms with van der Waals surface area (Å²) in [6, 6.07) is 6.95. The third-order valence-corrected chi connectivity index (χ3v) is 3.58. The maximum atomic E-state index is 2.36. The van der Waals surface area contributed by atoms with E-state index in [1.165, 1.54) is 41.5 Å². The van der Waals surface area contributed by atoms with E-state index in [0.29, 0.717) is 0 Å². The molecule has 2 aliphatic carbocycles. The maximum Gasteiger partial charge on any atom is -0.0153 e. The first-order chi connectivity index (χ1) is 7.34. The van der Waals surface area contributed by atoms with Crippen LogP contribution in [0.25, 0.3) is 11.6 Å². The van der Waals surface area contributed by atoms with Gasteiger partial charge in [-0.25, -0.2) is 0 Å². The quantitative estimate of drug-likeness (QED) is 0.635. The molecule has 0 radical (unpaired) electrons. The van der Waals surface area contributed by atoms with Crippen molar-refractivity contribution in [1.82, 2.24) is 0 Å². The van der Waals surface area contributed by atoms with Crippen LogP contribution in [0, 0.1) is 5.92 Å². The number of benzene rings is 1. The van der Waals surface area contributed by atoms with Crippen molar-refractivity contribution in [3.05, 3.63) is 47.0 Å². The zero-order chi connectivity index (χ0) is 10.3. The van der Waals surface area contributed by atoms with Crippen LogP contribution in [-0.4, -0.2) is 0 Å². The SMILES string of the molecule is CC1CC=C1c1ccc2c(c1)C=CCC2. The van der Waals surface area contributed by atoms with Gasteiger partial charge in [0.25, 0.3) is 0 Å². The van der Waals surface area contributed by atoms with Crippen LogP contribution in [0.1, 0.15) is 36.5 Å². The number of fused-ring (bicyclic) bond motifs is 1. The van der Waals surface area contributed by atoms with E-state index >= 15 is 0 Å². The third kappa shape index (κ3) is 1.45. The fraction of sp³-hybridized carbons (Fsp3) is 0.333. The number of hydrogen-bond donors (Lipinski definition) is 0. The monoisotopic (exact) mass is 196 g/mol. The molecule has 0 aromatic heterocycles. The summed E-state index contributed by atoms with van der Waals surface area (Å²) in [6.45, 7) is 2.31. The zero-order valence-electron chi connectivity index (χ0n) is 9.16. The summed E-state index contributed by atoms with van der Waals surface area (Å²) in [5.74, 6) is 0.760. The van der Waals surface area contributed by atoms with Crippen LogP contribution >= 0.6 is 0 Å². The molecule has 0 saturated heterocycles. The van der Waals surface area contributed by atoms with Gasteiger partial charge in [0.15, 0.2) is 0 Å². The third-order valence-electron chi connectivity index (χ3n) is 3.58. The second-order valence-corrected chi connectivity index (χ2v) is 4.65. The summed E-state index contributed by atoms with van der Waals surface area (Å²) < 4.78 is 0. The topological polar surface area (TPSA) is 0 Å². The van der Waals surface area contributed by atoms with Gasteiger partial charge in [-0.15, -0.1) is 0 Å². The molecule has 2 aliphatic rings. The first kappa shape index (κ1) is 8.96. The standard InChI is InChI=1S/C15H16/c1-11-6-9-15(11)14-8-7-12-4-2-3-5-13(12)10-14/h3,5,7-11H,2,4,6H2,1H3. The van der Waals surface area contributed by atoms with E-state index in [4.69, 9.17) is 0 Å². The minimum absolute atomic E-state index is 0.760. The molecule has 0 aliphatic heterocycles. The molecular weight excluding hydrogens is 180 g/mol. The van der Waals surface area contributed by atoms with Crippen LogP contribution in [0.3, 0.4) is 0 Å². The van der Waals surface area contributed by atoms with Crippen molar-refractivity contribution in [3.8, 4) is 0 Å². The van der Waals surface area contributed by atoms with Crippen molar-refractivity contribution >= 4 is 11.6 Å². The van der Waals surface area contributed by atoms with Crippen LogP contribution in [0.4, 0.5) is 0 Å². The Bertz CT molecular complexity index is 449. The number of allylic oxidation sites excluding steroid dienone is 3. The lowest BCUT2D eigenvalue weighted by atomic mass is 9.80. The highest BCUT2D eigenvalue weighted by Gasteiger charge is 2.18. The molecule has 0 spiro atoms. The minimum atomic E-state index is 0.760. The molecule has 0 fully saturated rings. The molecule has 1 aromatic carbocycles. The highest BCUT2D eigenvalue weighted by molar-refractivity contribution is 5.74. The zero-order valence-corrected chi connectivity index (χ0v) is 9.16. The number of aryl methyl sites for hydroxylation is 1. The van der Waals surface area contributed by atoms with Crippen molar-refractivity contribution in [1.29, 1.82) is 0 Å². The maximum absolute atomic E-state index is 2.36. The molecule has 0 heterocycles. The average Bonchev–Trinajstić information content (AvgIpc) is 2.27. The highest BCUT2D eigenvalue weighted by Crippen LogP contribution is 2.36. The fourth-order valence-corrected chi connectivity index (χ4v) is 2.48. The lowest BCUT2D eigenvalue weighted by molar-refractivity contribution is 0.709. The van der Waals surface area contributed by atoms with Gasteiger partial charge in [-0.05, 0) is 53.5 Å². The van der Waals surface area contributed by atoms with Gasteiger partial charge in [0.1, 0.15) is 0 Å². The smallest absolute Gasteiger partial charge is 0.0153 e. The lowest BCUT2D eigenvalue weighted by Crippen LogP contribution is -2.07. The van der Waals surface area contributed by atoms with E-state index in [1.54, 1.807) is 0 Å². The Morgan fingerprint density at radius 2 is 2.20 bits per heavy atom. The minimum Gasteiger partial charge on any atom is -0.0836 e. The molecule has 76 valence electrons. The van der Waals surface area contributed by atoms with Crippen LogP contribution in [-0.2, 0) is 6.42 Å².